The van der Waals surface area contributed by atoms with E-state index in [1.54, 1.807) is 18.2 Å². The predicted octanol–water partition coefficient (Wildman–Crippen LogP) is 3.88. The Hall–Kier alpha value is -3.04. The number of hydrogen-bond acceptors (Lipinski definition) is 6. The van der Waals surface area contributed by atoms with E-state index in [0.29, 0.717) is 28.4 Å². The summed E-state index contributed by atoms with van der Waals surface area (Å²) < 4.78 is 40.8. The van der Waals surface area contributed by atoms with E-state index in [1.165, 1.54) is 37.7 Å². The van der Waals surface area contributed by atoms with Gasteiger partial charge in [-0.1, -0.05) is 18.2 Å². The maximum absolute atomic E-state index is 12.9. The Morgan fingerprint density at radius 3 is 2.61 bits per heavy atom. The van der Waals surface area contributed by atoms with Crippen LogP contribution in [-0.2, 0) is 10.0 Å². The highest BCUT2D eigenvalue weighted by atomic mass is 32.2. The minimum Gasteiger partial charge on any atom is -0.493 e. The van der Waals surface area contributed by atoms with Gasteiger partial charge in [0.05, 0.1) is 30.5 Å². The molecule has 2 heterocycles. The summed E-state index contributed by atoms with van der Waals surface area (Å²) in [6.45, 7) is 0. The highest BCUT2D eigenvalue weighted by molar-refractivity contribution is 7.92. The van der Waals surface area contributed by atoms with Gasteiger partial charge in [-0.15, -0.1) is 11.3 Å². The van der Waals surface area contributed by atoms with Gasteiger partial charge in [-0.2, -0.15) is 0 Å². The molecular formula is C19H17N3O4S2. The number of methoxy groups -OCH3 is 2. The van der Waals surface area contributed by atoms with Crippen LogP contribution >= 0.6 is 11.3 Å². The van der Waals surface area contributed by atoms with Gasteiger partial charge in [0.15, 0.2) is 16.5 Å². The van der Waals surface area contributed by atoms with Crippen molar-refractivity contribution in [3.05, 3.63) is 60.2 Å². The van der Waals surface area contributed by atoms with E-state index >= 15 is 0 Å². The first-order chi connectivity index (χ1) is 13.5. The second-order valence-electron chi connectivity index (χ2n) is 5.89. The second-order valence-corrected chi connectivity index (χ2v) is 8.44. The van der Waals surface area contributed by atoms with Gasteiger partial charge in [0.2, 0.25) is 0 Å². The molecule has 0 aliphatic rings. The molecule has 28 heavy (non-hydrogen) atoms. The Bertz CT molecular complexity index is 1220. The van der Waals surface area contributed by atoms with Crippen LogP contribution in [0.15, 0.2) is 65.1 Å². The number of rotatable bonds is 6. The van der Waals surface area contributed by atoms with Gasteiger partial charge in [-0.25, -0.2) is 13.4 Å². The van der Waals surface area contributed by atoms with Gasteiger partial charge >= 0.3 is 0 Å². The fourth-order valence-electron chi connectivity index (χ4n) is 2.84. The molecule has 9 heteroatoms. The molecule has 0 amide bonds. The second kappa shape index (κ2) is 7.17. The summed E-state index contributed by atoms with van der Waals surface area (Å²) in [4.78, 5) is 5.48. The van der Waals surface area contributed by atoms with Crippen molar-refractivity contribution in [1.82, 2.24) is 9.38 Å². The van der Waals surface area contributed by atoms with E-state index in [4.69, 9.17) is 9.47 Å². The van der Waals surface area contributed by atoms with Crippen molar-refractivity contribution in [2.45, 2.75) is 4.90 Å². The van der Waals surface area contributed by atoms with Gasteiger partial charge in [-0.05, 0) is 18.2 Å². The first-order valence-electron chi connectivity index (χ1n) is 8.28. The quantitative estimate of drug-likeness (QED) is 0.517. The molecular weight excluding hydrogens is 398 g/mol. The zero-order chi connectivity index (χ0) is 19.7. The van der Waals surface area contributed by atoms with Crippen LogP contribution in [0.25, 0.3) is 16.2 Å². The molecule has 0 saturated carbocycles. The number of fused-ring (bicyclic) bond motifs is 1. The molecule has 2 aromatic carbocycles. The molecule has 2 aromatic heterocycles. The molecule has 0 atom stereocenters. The maximum Gasteiger partial charge on any atom is 0.262 e. The molecule has 4 aromatic rings. The molecule has 0 unspecified atom stereocenters. The van der Waals surface area contributed by atoms with Crippen molar-refractivity contribution in [2.24, 2.45) is 0 Å². The zero-order valence-electron chi connectivity index (χ0n) is 15.1. The van der Waals surface area contributed by atoms with E-state index in [2.05, 4.69) is 9.71 Å². The number of imidazole rings is 1. The third-order valence-electron chi connectivity index (χ3n) is 4.21. The van der Waals surface area contributed by atoms with Crippen molar-refractivity contribution in [1.29, 1.82) is 0 Å². The van der Waals surface area contributed by atoms with Gasteiger partial charge in [-0.3, -0.25) is 9.12 Å². The molecule has 0 aliphatic carbocycles. The molecule has 0 spiro atoms. The SMILES string of the molecule is COc1ccc(S(=O)(=O)Nc2ccccc2-c2cn3ccsc3n2)cc1OC. The molecule has 7 nitrogen and oxygen atoms in total. The number of nitrogens with zero attached hydrogens (tertiary/aromatic N) is 2. The van der Waals surface area contributed by atoms with Crippen molar-refractivity contribution < 1.29 is 17.9 Å². The van der Waals surface area contributed by atoms with E-state index in [1.807, 2.05) is 34.3 Å². The number of hydrogen-bond donors (Lipinski definition) is 1. The number of sulfonamides is 1. The number of benzene rings is 2. The summed E-state index contributed by atoms with van der Waals surface area (Å²) in [5.74, 6) is 0.799. The lowest BCUT2D eigenvalue weighted by Crippen LogP contribution is -2.14. The van der Waals surface area contributed by atoms with Crippen molar-refractivity contribution in [3.63, 3.8) is 0 Å². The van der Waals surface area contributed by atoms with Crippen LogP contribution in [0.1, 0.15) is 0 Å². The summed E-state index contributed by atoms with van der Waals surface area (Å²) in [5, 5.41) is 1.94. The monoisotopic (exact) mass is 415 g/mol. The summed E-state index contributed by atoms with van der Waals surface area (Å²) in [5.41, 5.74) is 1.84. The summed E-state index contributed by atoms with van der Waals surface area (Å²) in [6, 6.07) is 11.6. The fraction of sp³-hybridized carbons (Fsp3) is 0.105. The highest BCUT2D eigenvalue weighted by Crippen LogP contribution is 2.33. The number of nitrogens with one attached hydrogen (secondary N) is 1. The average molecular weight is 415 g/mol. The fourth-order valence-corrected chi connectivity index (χ4v) is 4.63. The van der Waals surface area contributed by atoms with Crippen LogP contribution in [-0.4, -0.2) is 32.0 Å². The Labute approximate surface area is 166 Å². The standard InChI is InChI=1S/C19H17N3O4S2/c1-25-17-8-7-13(11-18(17)26-2)28(23,24)21-15-6-4-3-5-14(15)16-12-22-9-10-27-19(22)20-16/h3-12,21H,1-2H3. The zero-order valence-corrected chi connectivity index (χ0v) is 16.8. The molecule has 0 fully saturated rings. The first-order valence-corrected chi connectivity index (χ1v) is 10.6. The summed E-state index contributed by atoms with van der Waals surface area (Å²) in [7, 11) is -0.880. The van der Waals surface area contributed by atoms with E-state index < -0.39 is 10.0 Å². The Kier molecular flexibility index (Phi) is 4.70. The van der Waals surface area contributed by atoms with Crippen LogP contribution < -0.4 is 14.2 Å². The van der Waals surface area contributed by atoms with E-state index in [9.17, 15) is 8.42 Å². The number of thiazole rings is 1. The van der Waals surface area contributed by atoms with E-state index in [0.717, 1.165) is 4.96 Å². The molecule has 4 rings (SSSR count). The van der Waals surface area contributed by atoms with Crippen molar-refractivity contribution in [2.75, 3.05) is 18.9 Å². The third kappa shape index (κ3) is 3.30. The largest absolute Gasteiger partial charge is 0.493 e. The lowest BCUT2D eigenvalue weighted by Gasteiger charge is -2.13. The lowest BCUT2D eigenvalue weighted by molar-refractivity contribution is 0.354. The van der Waals surface area contributed by atoms with E-state index in [-0.39, 0.29) is 4.90 Å². The maximum atomic E-state index is 12.9. The molecule has 0 bridgehead atoms. The lowest BCUT2D eigenvalue weighted by atomic mass is 10.1. The Morgan fingerprint density at radius 1 is 1.07 bits per heavy atom. The average Bonchev–Trinajstić information content (AvgIpc) is 3.29. The minimum atomic E-state index is -3.84. The smallest absolute Gasteiger partial charge is 0.262 e. The molecule has 144 valence electrons. The topological polar surface area (TPSA) is 81.9 Å². The number of anilines is 1. The molecule has 0 aliphatic heterocycles. The first kappa shape index (κ1) is 18.3. The highest BCUT2D eigenvalue weighted by Gasteiger charge is 2.19. The van der Waals surface area contributed by atoms with Gasteiger partial charge in [0.25, 0.3) is 10.0 Å². The summed E-state index contributed by atoms with van der Waals surface area (Å²) >= 11 is 1.51. The Morgan fingerprint density at radius 2 is 1.86 bits per heavy atom. The molecule has 1 N–H and O–H groups in total. The van der Waals surface area contributed by atoms with Gasteiger partial charge < -0.3 is 9.47 Å². The van der Waals surface area contributed by atoms with Crippen molar-refractivity contribution >= 4 is 32.0 Å². The number of ether oxygens (including phenoxy) is 2. The van der Waals surface area contributed by atoms with Crippen LogP contribution in [0, 0.1) is 0 Å². The van der Waals surface area contributed by atoms with Crippen molar-refractivity contribution in [3.8, 4) is 22.8 Å². The van der Waals surface area contributed by atoms with Crippen LogP contribution in [0.3, 0.4) is 0 Å². The van der Waals surface area contributed by atoms with Crippen LogP contribution in [0.4, 0.5) is 5.69 Å². The van der Waals surface area contributed by atoms with Gasteiger partial charge in [0.1, 0.15) is 0 Å². The molecule has 0 saturated heterocycles. The minimum absolute atomic E-state index is 0.0748. The van der Waals surface area contributed by atoms with Crippen LogP contribution in [0.2, 0.25) is 0 Å². The third-order valence-corrected chi connectivity index (χ3v) is 6.34. The number of para-hydroxylation sites is 1. The van der Waals surface area contributed by atoms with Gasteiger partial charge in [0, 0.05) is 29.4 Å². The number of aromatic nitrogens is 2. The normalized spacial score (nSPS) is 11.5. The summed E-state index contributed by atoms with van der Waals surface area (Å²) in [6.07, 6.45) is 3.78. The Balaban J connectivity index is 1.72. The molecule has 0 radical (unpaired) electrons. The van der Waals surface area contributed by atoms with Crippen LogP contribution in [0.5, 0.6) is 11.5 Å². The predicted molar refractivity (Wildman–Crippen MR) is 109 cm³/mol.